The molecule has 2 aromatic heterocycles. The van der Waals surface area contributed by atoms with Gasteiger partial charge in [-0.2, -0.15) is 0 Å². The van der Waals surface area contributed by atoms with Crippen molar-refractivity contribution < 1.29 is 4.74 Å². The van der Waals surface area contributed by atoms with Crippen LogP contribution in [0.2, 0.25) is 0 Å². The molecule has 3 rings (SSSR count). The van der Waals surface area contributed by atoms with Gasteiger partial charge in [0.25, 0.3) is 0 Å². The van der Waals surface area contributed by atoms with Crippen molar-refractivity contribution >= 4 is 11.0 Å². The first-order valence-corrected chi connectivity index (χ1v) is 5.44. The second kappa shape index (κ2) is 3.94. The van der Waals surface area contributed by atoms with Crippen molar-refractivity contribution in [3.8, 4) is 16.9 Å². The lowest BCUT2D eigenvalue weighted by atomic mass is 10.1. The van der Waals surface area contributed by atoms with Crippen molar-refractivity contribution in [1.82, 2.24) is 9.97 Å². The number of rotatable bonds is 2. The SMILES string of the molecule is COc1ccc(-c2cnc3[nH]ccc3c2)cc1. The summed E-state index contributed by atoms with van der Waals surface area (Å²) in [5.41, 5.74) is 3.17. The van der Waals surface area contributed by atoms with Gasteiger partial charge in [0.2, 0.25) is 0 Å². The van der Waals surface area contributed by atoms with Crippen molar-refractivity contribution in [2.24, 2.45) is 0 Å². The number of H-pyrrole nitrogens is 1. The summed E-state index contributed by atoms with van der Waals surface area (Å²) >= 11 is 0. The fraction of sp³-hybridized carbons (Fsp3) is 0.0714. The van der Waals surface area contributed by atoms with E-state index in [0.717, 1.165) is 27.9 Å². The smallest absolute Gasteiger partial charge is 0.137 e. The van der Waals surface area contributed by atoms with E-state index in [0.29, 0.717) is 0 Å². The Morgan fingerprint density at radius 2 is 1.88 bits per heavy atom. The number of aromatic amines is 1. The lowest BCUT2D eigenvalue weighted by Crippen LogP contribution is -1.84. The standard InChI is InChI=1S/C14H12N2O/c1-17-13-4-2-10(3-5-13)12-8-11-6-7-15-14(11)16-9-12/h2-9H,1H3,(H,15,16). The molecule has 0 aliphatic carbocycles. The summed E-state index contributed by atoms with van der Waals surface area (Å²) in [6.45, 7) is 0. The van der Waals surface area contributed by atoms with E-state index in [9.17, 15) is 0 Å². The van der Waals surface area contributed by atoms with Gasteiger partial charge in [0.1, 0.15) is 11.4 Å². The Bertz CT molecular complexity index is 641. The zero-order chi connectivity index (χ0) is 11.7. The van der Waals surface area contributed by atoms with E-state index in [1.807, 2.05) is 42.7 Å². The number of methoxy groups -OCH3 is 1. The van der Waals surface area contributed by atoms with Crippen molar-refractivity contribution in [3.05, 3.63) is 48.8 Å². The quantitative estimate of drug-likeness (QED) is 0.725. The molecule has 3 heteroatoms. The van der Waals surface area contributed by atoms with Crippen molar-refractivity contribution in [3.63, 3.8) is 0 Å². The third-order valence-electron chi connectivity index (χ3n) is 2.82. The molecule has 0 radical (unpaired) electrons. The number of aromatic nitrogens is 2. The van der Waals surface area contributed by atoms with Gasteiger partial charge in [0.05, 0.1) is 7.11 Å². The molecular formula is C14H12N2O. The summed E-state index contributed by atoms with van der Waals surface area (Å²) in [6, 6.07) is 12.1. The largest absolute Gasteiger partial charge is 0.497 e. The van der Waals surface area contributed by atoms with Crippen LogP contribution in [0.3, 0.4) is 0 Å². The average molecular weight is 224 g/mol. The van der Waals surface area contributed by atoms with Crippen LogP contribution in [0.4, 0.5) is 0 Å². The Labute approximate surface area is 99.1 Å². The van der Waals surface area contributed by atoms with Gasteiger partial charge in [0.15, 0.2) is 0 Å². The predicted octanol–water partition coefficient (Wildman–Crippen LogP) is 3.24. The molecule has 0 aliphatic heterocycles. The summed E-state index contributed by atoms with van der Waals surface area (Å²) < 4.78 is 5.14. The van der Waals surface area contributed by atoms with Crippen LogP contribution in [0.15, 0.2) is 48.8 Å². The minimum atomic E-state index is 0.865. The number of fused-ring (bicyclic) bond motifs is 1. The summed E-state index contributed by atoms with van der Waals surface area (Å²) in [4.78, 5) is 7.46. The lowest BCUT2D eigenvalue weighted by molar-refractivity contribution is 0.415. The number of nitrogens with one attached hydrogen (secondary N) is 1. The predicted molar refractivity (Wildman–Crippen MR) is 68.1 cm³/mol. The molecule has 0 fully saturated rings. The van der Waals surface area contributed by atoms with Gasteiger partial charge in [-0.1, -0.05) is 12.1 Å². The number of hydrogen-bond donors (Lipinski definition) is 1. The molecular weight excluding hydrogens is 212 g/mol. The highest BCUT2D eigenvalue weighted by Crippen LogP contribution is 2.24. The van der Waals surface area contributed by atoms with E-state index in [1.165, 1.54) is 0 Å². The molecule has 1 N–H and O–H groups in total. The van der Waals surface area contributed by atoms with Crippen LogP contribution in [-0.2, 0) is 0 Å². The second-order valence-corrected chi connectivity index (χ2v) is 3.87. The third kappa shape index (κ3) is 1.76. The fourth-order valence-electron chi connectivity index (χ4n) is 1.88. The van der Waals surface area contributed by atoms with E-state index in [2.05, 4.69) is 16.0 Å². The van der Waals surface area contributed by atoms with Gasteiger partial charge in [-0.25, -0.2) is 4.98 Å². The molecule has 84 valence electrons. The van der Waals surface area contributed by atoms with Crippen LogP contribution in [0.5, 0.6) is 5.75 Å². The molecule has 3 aromatic rings. The highest BCUT2D eigenvalue weighted by Gasteiger charge is 2.01. The first kappa shape index (κ1) is 9.90. The molecule has 0 bridgehead atoms. The molecule has 3 nitrogen and oxygen atoms in total. The van der Waals surface area contributed by atoms with E-state index >= 15 is 0 Å². The normalized spacial score (nSPS) is 10.6. The molecule has 0 saturated heterocycles. The van der Waals surface area contributed by atoms with E-state index in [1.54, 1.807) is 7.11 Å². The molecule has 0 spiro atoms. The molecule has 0 atom stereocenters. The molecule has 17 heavy (non-hydrogen) atoms. The van der Waals surface area contributed by atoms with Gasteiger partial charge in [-0.05, 0) is 29.8 Å². The summed E-state index contributed by atoms with van der Waals surface area (Å²) in [7, 11) is 1.67. The highest BCUT2D eigenvalue weighted by molar-refractivity contribution is 5.81. The lowest BCUT2D eigenvalue weighted by Gasteiger charge is -2.03. The first-order chi connectivity index (χ1) is 8.36. The Morgan fingerprint density at radius 1 is 1.06 bits per heavy atom. The van der Waals surface area contributed by atoms with Gasteiger partial charge in [0, 0.05) is 23.3 Å². The van der Waals surface area contributed by atoms with Gasteiger partial charge < -0.3 is 9.72 Å². The third-order valence-corrected chi connectivity index (χ3v) is 2.82. The number of ether oxygens (including phenoxy) is 1. The van der Waals surface area contributed by atoms with E-state index < -0.39 is 0 Å². The minimum Gasteiger partial charge on any atom is -0.497 e. The molecule has 0 aliphatic rings. The van der Waals surface area contributed by atoms with E-state index in [-0.39, 0.29) is 0 Å². The minimum absolute atomic E-state index is 0.865. The summed E-state index contributed by atoms with van der Waals surface area (Å²) in [6.07, 6.45) is 3.77. The Balaban J connectivity index is 2.06. The Morgan fingerprint density at radius 3 is 2.65 bits per heavy atom. The maximum atomic E-state index is 5.14. The molecule has 2 heterocycles. The van der Waals surface area contributed by atoms with Crippen LogP contribution in [-0.4, -0.2) is 17.1 Å². The fourth-order valence-corrected chi connectivity index (χ4v) is 1.88. The zero-order valence-electron chi connectivity index (χ0n) is 9.47. The van der Waals surface area contributed by atoms with Gasteiger partial charge >= 0.3 is 0 Å². The topological polar surface area (TPSA) is 37.9 Å². The zero-order valence-corrected chi connectivity index (χ0v) is 9.47. The maximum absolute atomic E-state index is 5.14. The van der Waals surface area contributed by atoms with Crippen molar-refractivity contribution in [2.75, 3.05) is 7.11 Å². The molecule has 0 unspecified atom stereocenters. The van der Waals surface area contributed by atoms with Crippen LogP contribution < -0.4 is 4.74 Å². The van der Waals surface area contributed by atoms with Gasteiger partial charge in [-0.15, -0.1) is 0 Å². The van der Waals surface area contributed by atoms with Crippen molar-refractivity contribution in [1.29, 1.82) is 0 Å². The molecule has 1 aromatic carbocycles. The van der Waals surface area contributed by atoms with Crippen LogP contribution >= 0.6 is 0 Å². The molecule has 0 saturated carbocycles. The van der Waals surface area contributed by atoms with Gasteiger partial charge in [-0.3, -0.25) is 0 Å². The number of benzene rings is 1. The summed E-state index contributed by atoms with van der Waals surface area (Å²) in [5, 5.41) is 1.12. The highest BCUT2D eigenvalue weighted by atomic mass is 16.5. The number of nitrogens with zero attached hydrogens (tertiary/aromatic N) is 1. The Kier molecular flexibility index (Phi) is 2.29. The molecule has 0 amide bonds. The number of hydrogen-bond acceptors (Lipinski definition) is 2. The maximum Gasteiger partial charge on any atom is 0.137 e. The van der Waals surface area contributed by atoms with Crippen LogP contribution in [0, 0.1) is 0 Å². The first-order valence-electron chi connectivity index (χ1n) is 5.44. The van der Waals surface area contributed by atoms with Crippen LogP contribution in [0.25, 0.3) is 22.2 Å². The summed E-state index contributed by atoms with van der Waals surface area (Å²) in [5.74, 6) is 0.865. The number of pyridine rings is 1. The van der Waals surface area contributed by atoms with Crippen LogP contribution in [0.1, 0.15) is 0 Å². The second-order valence-electron chi connectivity index (χ2n) is 3.87. The van der Waals surface area contributed by atoms with E-state index in [4.69, 9.17) is 4.74 Å². The Hall–Kier alpha value is -2.29. The van der Waals surface area contributed by atoms with Crippen molar-refractivity contribution in [2.45, 2.75) is 0 Å². The monoisotopic (exact) mass is 224 g/mol. The average Bonchev–Trinajstić information content (AvgIpc) is 2.86.